The molecule has 3 rings (SSSR count). The maximum atomic E-state index is 13.6. The van der Waals surface area contributed by atoms with Gasteiger partial charge in [0, 0.05) is 17.7 Å². The Labute approximate surface area is 155 Å². The number of rotatable bonds is 3. The number of carbonyl (C=O) groups is 1. The lowest BCUT2D eigenvalue weighted by atomic mass is 10.0. The Kier molecular flexibility index (Phi) is 4.55. The minimum atomic E-state index is -5.23. The van der Waals surface area contributed by atoms with Gasteiger partial charge in [-0.3, -0.25) is 14.9 Å². The number of alkyl halides is 3. The quantitative estimate of drug-likeness (QED) is 0.612. The van der Waals surface area contributed by atoms with E-state index in [9.17, 15) is 38.3 Å². The fourth-order valence-electron chi connectivity index (χ4n) is 2.68. The van der Waals surface area contributed by atoms with E-state index >= 15 is 0 Å². The normalized spacial score (nSPS) is 19.4. The van der Waals surface area contributed by atoms with Gasteiger partial charge >= 0.3 is 6.18 Å². The van der Waals surface area contributed by atoms with E-state index in [-0.39, 0.29) is 33.3 Å². The van der Waals surface area contributed by atoms with E-state index < -0.39 is 29.2 Å². The molecule has 0 fully saturated rings. The number of benzene rings is 2. The number of carbonyl (C=O) groups excluding carboxylic acids is 1. The van der Waals surface area contributed by atoms with Crippen LogP contribution in [0, 0.1) is 10.1 Å². The number of hydrogen-bond acceptors (Lipinski definition) is 6. The van der Waals surface area contributed by atoms with Crippen LogP contribution in [0.4, 0.5) is 18.9 Å². The first-order chi connectivity index (χ1) is 13.0. The molecule has 2 aromatic rings. The summed E-state index contributed by atoms with van der Waals surface area (Å²) in [5, 5.41) is 34.0. The van der Waals surface area contributed by atoms with Gasteiger partial charge in [0.05, 0.1) is 17.1 Å². The van der Waals surface area contributed by atoms with Crippen LogP contribution in [-0.4, -0.2) is 43.7 Å². The molecule has 1 atom stereocenters. The molecule has 2 aromatic carbocycles. The van der Waals surface area contributed by atoms with Crippen molar-refractivity contribution in [3.63, 3.8) is 0 Å². The highest BCUT2D eigenvalue weighted by Crippen LogP contribution is 2.42. The third kappa shape index (κ3) is 3.27. The minimum Gasteiger partial charge on any atom is -0.508 e. The fourth-order valence-corrected chi connectivity index (χ4v) is 2.68. The van der Waals surface area contributed by atoms with Gasteiger partial charge in [0.25, 0.3) is 17.3 Å². The van der Waals surface area contributed by atoms with Gasteiger partial charge in [-0.05, 0) is 35.9 Å². The Morgan fingerprint density at radius 3 is 2.39 bits per heavy atom. The number of nitrogens with zero attached hydrogens (tertiary/aromatic N) is 3. The predicted octanol–water partition coefficient (Wildman–Crippen LogP) is 2.80. The topological polar surface area (TPSA) is 116 Å². The molecule has 28 heavy (non-hydrogen) atoms. The second kappa shape index (κ2) is 6.60. The minimum absolute atomic E-state index is 0.0829. The molecule has 146 valence electrons. The molecule has 0 radical (unpaired) electrons. The number of phenols is 1. The number of non-ortho nitro benzene ring substituents is 1. The molecular weight excluding hydrogens is 383 g/mol. The second-order valence-corrected chi connectivity index (χ2v) is 6.01. The van der Waals surface area contributed by atoms with Gasteiger partial charge in [-0.1, -0.05) is 6.07 Å². The standard InChI is InChI=1S/C17H12F3N3O5/c18-17(19,20)16(26)9-14(10-4-6-12(7-5-10)23(27)28)21-22(16)15(25)11-2-1-3-13(24)8-11/h1-8,24,26H,9H2/t16-/m0/s1. The van der Waals surface area contributed by atoms with Crippen molar-refractivity contribution in [3.8, 4) is 5.75 Å². The van der Waals surface area contributed by atoms with E-state index in [1.807, 2.05) is 0 Å². The molecule has 0 bridgehead atoms. The molecule has 1 aliphatic rings. The van der Waals surface area contributed by atoms with Crippen LogP contribution in [0.1, 0.15) is 22.3 Å². The number of amides is 1. The smallest absolute Gasteiger partial charge is 0.438 e. The van der Waals surface area contributed by atoms with Crippen molar-refractivity contribution >= 4 is 17.3 Å². The van der Waals surface area contributed by atoms with E-state index in [0.29, 0.717) is 0 Å². The summed E-state index contributed by atoms with van der Waals surface area (Å²) in [6, 6.07) is 9.09. The molecular formula is C17H12F3N3O5. The Balaban J connectivity index is 2.03. The van der Waals surface area contributed by atoms with E-state index in [0.717, 1.165) is 24.3 Å². The zero-order chi connectivity index (χ0) is 20.7. The molecule has 2 N–H and O–H groups in total. The third-order valence-corrected chi connectivity index (χ3v) is 4.14. The van der Waals surface area contributed by atoms with E-state index in [1.165, 1.54) is 24.3 Å². The lowest BCUT2D eigenvalue weighted by molar-refractivity contribution is -0.384. The van der Waals surface area contributed by atoms with Crippen molar-refractivity contribution in [2.75, 3.05) is 0 Å². The maximum absolute atomic E-state index is 13.6. The van der Waals surface area contributed by atoms with Crippen molar-refractivity contribution in [3.05, 3.63) is 69.8 Å². The van der Waals surface area contributed by atoms with E-state index in [2.05, 4.69) is 5.10 Å². The summed E-state index contributed by atoms with van der Waals surface area (Å²) in [5.74, 6) is -1.62. The fraction of sp³-hybridized carbons (Fsp3) is 0.176. The number of aliphatic hydroxyl groups is 1. The average molecular weight is 395 g/mol. The van der Waals surface area contributed by atoms with Gasteiger partial charge in [0.2, 0.25) is 0 Å². The number of halogens is 3. The van der Waals surface area contributed by atoms with Gasteiger partial charge in [-0.15, -0.1) is 0 Å². The number of nitro groups is 1. The highest BCUT2D eigenvalue weighted by atomic mass is 19.4. The summed E-state index contributed by atoms with van der Waals surface area (Å²) in [7, 11) is 0. The Bertz CT molecular complexity index is 975. The molecule has 8 nitrogen and oxygen atoms in total. The Hall–Kier alpha value is -3.47. The lowest BCUT2D eigenvalue weighted by Gasteiger charge is -2.32. The summed E-state index contributed by atoms with van der Waals surface area (Å²) in [5.41, 5.74) is -4.38. The first-order valence-corrected chi connectivity index (χ1v) is 7.78. The van der Waals surface area contributed by atoms with Crippen LogP contribution >= 0.6 is 0 Å². The van der Waals surface area contributed by atoms with Crippen LogP contribution in [0.25, 0.3) is 0 Å². The van der Waals surface area contributed by atoms with Gasteiger partial charge < -0.3 is 10.2 Å². The molecule has 0 aromatic heterocycles. The SMILES string of the molecule is O=C(c1cccc(O)c1)N1N=C(c2ccc([N+](=O)[O-])cc2)C[C@]1(O)C(F)(F)F. The Morgan fingerprint density at radius 1 is 1.21 bits per heavy atom. The van der Waals surface area contributed by atoms with Gasteiger partial charge in [0.1, 0.15) is 5.75 Å². The van der Waals surface area contributed by atoms with Gasteiger partial charge in [-0.2, -0.15) is 23.3 Å². The van der Waals surface area contributed by atoms with Crippen LogP contribution < -0.4 is 0 Å². The summed E-state index contributed by atoms with van der Waals surface area (Å²) in [6.07, 6.45) is -6.29. The summed E-state index contributed by atoms with van der Waals surface area (Å²) < 4.78 is 40.7. The molecule has 0 spiro atoms. The molecule has 1 aliphatic heterocycles. The molecule has 1 heterocycles. The molecule has 1 amide bonds. The van der Waals surface area contributed by atoms with Crippen LogP contribution in [0.3, 0.4) is 0 Å². The van der Waals surface area contributed by atoms with Crippen LogP contribution in [0.5, 0.6) is 5.75 Å². The highest BCUT2D eigenvalue weighted by molar-refractivity contribution is 6.05. The van der Waals surface area contributed by atoms with Crippen molar-refractivity contribution in [2.45, 2.75) is 18.3 Å². The largest absolute Gasteiger partial charge is 0.508 e. The summed E-state index contributed by atoms with van der Waals surface area (Å²) in [6.45, 7) is 0. The number of aromatic hydroxyl groups is 1. The molecule has 11 heteroatoms. The number of hydrogen-bond donors (Lipinski definition) is 2. The van der Waals surface area contributed by atoms with Crippen LogP contribution in [-0.2, 0) is 0 Å². The average Bonchev–Trinajstić information content (AvgIpc) is 3.00. The summed E-state index contributed by atoms with van der Waals surface area (Å²) in [4.78, 5) is 22.6. The van der Waals surface area contributed by atoms with Crippen molar-refractivity contribution in [1.29, 1.82) is 0 Å². The molecule has 0 aliphatic carbocycles. The third-order valence-electron chi connectivity index (χ3n) is 4.14. The van der Waals surface area contributed by atoms with Gasteiger partial charge in [-0.25, -0.2) is 0 Å². The van der Waals surface area contributed by atoms with Gasteiger partial charge in [0.15, 0.2) is 0 Å². The van der Waals surface area contributed by atoms with Crippen LogP contribution in [0.2, 0.25) is 0 Å². The first kappa shape index (κ1) is 19.3. The predicted molar refractivity (Wildman–Crippen MR) is 89.5 cm³/mol. The first-order valence-electron chi connectivity index (χ1n) is 7.78. The van der Waals surface area contributed by atoms with E-state index in [1.54, 1.807) is 0 Å². The Morgan fingerprint density at radius 2 is 1.86 bits per heavy atom. The van der Waals surface area contributed by atoms with Crippen molar-refractivity contribution < 1.29 is 33.1 Å². The number of nitro benzene ring substituents is 1. The second-order valence-electron chi connectivity index (χ2n) is 6.01. The molecule has 0 saturated heterocycles. The zero-order valence-electron chi connectivity index (χ0n) is 13.9. The van der Waals surface area contributed by atoms with Crippen molar-refractivity contribution in [2.24, 2.45) is 5.10 Å². The molecule has 0 saturated carbocycles. The highest BCUT2D eigenvalue weighted by Gasteiger charge is 2.63. The van der Waals surface area contributed by atoms with E-state index in [4.69, 9.17) is 0 Å². The molecule has 0 unspecified atom stereocenters. The lowest BCUT2D eigenvalue weighted by Crippen LogP contribution is -2.56. The van der Waals surface area contributed by atoms with Crippen molar-refractivity contribution in [1.82, 2.24) is 5.01 Å². The van der Waals surface area contributed by atoms with Crippen LogP contribution in [0.15, 0.2) is 53.6 Å². The number of hydrazone groups is 1. The number of phenolic OH excluding ortho intramolecular Hbond substituents is 1. The monoisotopic (exact) mass is 395 g/mol. The maximum Gasteiger partial charge on any atom is 0.438 e. The summed E-state index contributed by atoms with van der Waals surface area (Å²) >= 11 is 0. The zero-order valence-corrected chi connectivity index (χ0v) is 13.9.